The normalized spacial score (nSPS) is 16.6. The number of piperidine rings is 1. The molecule has 4 N–H and O–H groups in total. The first-order valence-corrected chi connectivity index (χ1v) is 7.30. The molecule has 8 heteroatoms. The number of primary amides is 1. The first-order valence-electron chi connectivity index (χ1n) is 7.30. The van der Waals surface area contributed by atoms with E-state index in [1.165, 1.54) is 0 Å². The van der Waals surface area contributed by atoms with Crippen molar-refractivity contribution in [1.29, 1.82) is 0 Å². The van der Waals surface area contributed by atoms with Crippen LogP contribution in [0.1, 0.15) is 50.1 Å². The summed E-state index contributed by atoms with van der Waals surface area (Å²) in [6.45, 7) is 6.68. The number of nitrogens with two attached hydrogens (primary N) is 2. The number of carbonyl (C=O) groups excluding carboxylic acids is 2. The van der Waals surface area contributed by atoms with Gasteiger partial charge in [-0.25, -0.2) is 4.79 Å². The van der Waals surface area contributed by atoms with Gasteiger partial charge in [0.2, 0.25) is 0 Å². The standard InChI is InChI=1S/C14H23N5O3/c1-14(2,3)22-13(21)18-6-4-9(5-7-18)19-8-10(15)11(17-19)12(16)20/h8-9H,4-7,15H2,1-3H3,(H2,16,20). The van der Waals surface area contributed by atoms with Gasteiger partial charge in [0.25, 0.3) is 5.91 Å². The monoisotopic (exact) mass is 309 g/mol. The summed E-state index contributed by atoms with van der Waals surface area (Å²) in [6, 6.07) is 0.0917. The number of rotatable bonds is 2. The maximum atomic E-state index is 12.0. The summed E-state index contributed by atoms with van der Waals surface area (Å²) in [5.74, 6) is -0.637. The highest BCUT2D eigenvalue weighted by Crippen LogP contribution is 2.25. The van der Waals surface area contributed by atoms with Crippen molar-refractivity contribution in [2.24, 2.45) is 5.73 Å². The van der Waals surface area contributed by atoms with Crippen molar-refractivity contribution < 1.29 is 14.3 Å². The molecule has 22 heavy (non-hydrogen) atoms. The van der Waals surface area contributed by atoms with E-state index in [9.17, 15) is 9.59 Å². The van der Waals surface area contributed by atoms with Crippen LogP contribution in [0.25, 0.3) is 0 Å². The van der Waals surface area contributed by atoms with E-state index >= 15 is 0 Å². The van der Waals surface area contributed by atoms with Gasteiger partial charge in [0.15, 0.2) is 5.69 Å². The van der Waals surface area contributed by atoms with Gasteiger partial charge in [0.05, 0.1) is 11.7 Å². The predicted octanol–water partition coefficient (Wildman–Crippen LogP) is 1.14. The number of ether oxygens (including phenoxy) is 1. The van der Waals surface area contributed by atoms with E-state index in [1.807, 2.05) is 20.8 Å². The maximum Gasteiger partial charge on any atom is 0.410 e. The van der Waals surface area contributed by atoms with Crippen molar-refractivity contribution in [3.63, 3.8) is 0 Å². The molecule has 122 valence electrons. The Morgan fingerprint density at radius 3 is 2.36 bits per heavy atom. The molecular weight excluding hydrogens is 286 g/mol. The van der Waals surface area contributed by atoms with Crippen molar-refractivity contribution in [3.05, 3.63) is 11.9 Å². The molecule has 0 unspecified atom stereocenters. The molecule has 0 atom stereocenters. The SMILES string of the molecule is CC(C)(C)OC(=O)N1CCC(n2cc(N)c(C(N)=O)n2)CC1. The lowest BCUT2D eigenvalue weighted by atomic mass is 10.1. The second-order valence-corrected chi connectivity index (χ2v) is 6.48. The summed E-state index contributed by atoms with van der Waals surface area (Å²) in [4.78, 5) is 24.9. The predicted molar refractivity (Wildman–Crippen MR) is 81.2 cm³/mol. The molecular formula is C14H23N5O3. The van der Waals surface area contributed by atoms with Crippen LogP contribution in [-0.4, -0.2) is 45.4 Å². The largest absolute Gasteiger partial charge is 0.444 e. The quantitative estimate of drug-likeness (QED) is 0.849. The third-order valence-corrected chi connectivity index (χ3v) is 3.48. The van der Waals surface area contributed by atoms with E-state index in [1.54, 1.807) is 15.8 Å². The summed E-state index contributed by atoms with van der Waals surface area (Å²) < 4.78 is 7.02. The number of nitrogens with zero attached hydrogens (tertiary/aromatic N) is 3. The second-order valence-electron chi connectivity index (χ2n) is 6.48. The Hall–Kier alpha value is -2.25. The molecule has 1 aliphatic heterocycles. The highest BCUT2D eigenvalue weighted by atomic mass is 16.6. The summed E-state index contributed by atoms with van der Waals surface area (Å²) in [5.41, 5.74) is 10.8. The number of hydrogen-bond acceptors (Lipinski definition) is 5. The van der Waals surface area contributed by atoms with Gasteiger partial charge >= 0.3 is 6.09 Å². The Labute approximate surface area is 129 Å². The van der Waals surface area contributed by atoms with E-state index in [4.69, 9.17) is 16.2 Å². The average molecular weight is 309 g/mol. The number of nitrogen functional groups attached to an aromatic ring is 1. The van der Waals surface area contributed by atoms with E-state index in [0.717, 1.165) is 12.8 Å². The molecule has 2 rings (SSSR count). The Balaban J connectivity index is 1.96. The highest BCUT2D eigenvalue weighted by Gasteiger charge is 2.28. The van der Waals surface area contributed by atoms with Crippen LogP contribution in [-0.2, 0) is 4.74 Å². The lowest BCUT2D eigenvalue weighted by molar-refractivity contribution is 0.0185. The fourth-order valence-electron chi connectivity index (χ4n) is 2.42. The molecule has 1 fully saturated rings. The average Bonchev–Trinajstić information content (AvgIpc) is 2.79. The van der Waals surface area contributed by atoms with Crippen molar-refractivity contribution in [2.45, 2.75) is 45.3 Å². The van der Waals surface area contributed by atoms with Gasteiger partial charge in [0, 0.05) is 19.3 Å². The van der Waals surface area contributed by atoms with Crippen LogP contribution in [0.2, 0.25) is 0 Å². The van der Waals surface area contributed by atoms with Gasteiger partial charge in [-0.2, -0.15) is 5.10 Å². The molecule has 1 aromatic heterocycles. The number of aromatic nitrogens is 2. The van der Waals surface area contributed by atoms with Crippen LogP contribution in [0.15, 0.2) is 6.20 Å². The lowest BCUT2D eigenvalue weighted by Crippen LogP contribution is -2.42. The van der Waals surface area contributed by atoms with Crippen molar-refractivity contribution in [2.75, 3.05) is 18.8 Å². The van der Waals surface area contributed by atoms with Gasteiger partial charge in [-0.05, 0) is 33.6 Å². The molecule has 1 aromatic rings. The Morgan fingerprint density at radius 2 is 1.91 bits per heavy atom. The van der Waals surface area contributed by atoms with Crippen LogP contribution in [0.3, 0.4) is 0 Å². The number of hydrogen-bond donors (Lipinski definition) is 2. The van der Waals surface area contributed by atoms with Gasteiger partial charge in [-0.15, -0.1) is 0 Å². The number of likely N-dealkylation sites (tertiary alicyclic amines) is 1. The highest BCUT2D eigenvalue weighted by molar-refractivity contribution is 5.95. The first kappa shape index (κ1) is 16.1. The fraction of sp³-hybridized carbons (Fsp3) is 0.643. The molecule has 8 nitrogen and oxygen atoms in total. The summed E-state index contributed by atoms with van der Waals surface area (Å²) in [7, 11) is 0. The van der Waals surface area contributed by atoms with Crippen molar-refractivity contribution in [1.82, 2.24) is 14.7 Å². The minimum atomic E-state index is -0.637. The van der Waals surface area contributed by atoms with E-state index in [2.05, 4.69) is 5.10 Å². The number of anilines is 1. The minimum Gasteiger partial charge on any atom is -0.444 e. The molecule has 1 aliphatic rings. The van der Waals surface area contributed by atoms with Gasteiger partial charge in [-0.1, -0.05) is 0 Å². The van der Waals surface area contributed by atoms with E-state index in [0.29, 0.717) is 13.1 Å². The molecule has 0 spiro atoms. The van der Waals surface area contributed by atoms with Crippen LogP contribution in [0.4, 0.5) is 10.5 Å². The van der Waals surface area contributed by atoms with E-state index in [-0.39, 0.29) is 23.5 Å². The zero-order valence-corrected chi connectivity index (χ0v) is 13.2. The Bertz CT molecular complexity index is 568. The summed E-state index contributed by atoms with van der Waals surface area (Å²) in [6.07, 6.45) is 2.76. The van der Waals surface area contributed by atoms with Crippen molar-refractivity contribution in [3.8, 4) is 0 Å². The van der Waals surface area contributed by atoms with Crippen LogP contribution in [0, 0.1) is 0 Å². The van der Waals surface area contributed by atoms with Gasteiger partial charge < -0.3 is 21.1 Å². The molecule has 2 amide bonds. The smallest absolute Gasteiger partial charge is 0.410 e. The lowest BCUT2D eigenvalue weighted by Gasteiger charge is -2.33. The van der Waals surface area contributed by atoms with Crippen LogP contribution >= 0.6 is 0 Å². The first-order chi connectivity index (χ1) is 10.2. The third-order valence-electron chi connectivity index (χ3n) is 3.48. The topological polar surface area (TPSA) is 116 Å². The number of carbonyl (C=O) groups is 2. The molecule has 0 radical (unpaired) electrons. The van der Waals surface area contributed by atoms with Crippen molar-refractivity contribution >= 4 is 17.7 Å². The zero-order valence-electron chi connectivity index (χ0n) is 13.2. The van der Waals surface area contributed by atoms with E-state index < -0.39 is 11.5 Å². The summed E-state index contributed by atoms with van der Waals surface area (Å²) in [5, 5.41) is 4.14. The molecule has 1 saturated heterocycles. The van der Waals surface area contributed by atoms with Gasteiger partial charge in [0.1, 0.15) is 5.60 Å². The second kappa shape index (κ2) is 5.86. The Morgan fingerprint density at radius 1 is 1.32 bits per heavy atom. The van der Waals surface area contributed by atoms with Crippen LogP contribution in [0.5, 0.6) is 0 Å². The third kappa shape index (κ3) is 3.69. The number of amides is 2. The Kier molecular flexibility index (Phi) is 4.30. The fourth-order valence-corrected chi connectivity index (χ4v) is 2.42. The maximum absolute atomic E-state index is 12.0. The van der Waals surface area contributed by atoms with Crippen LogP contribution < -0.4 is 11.5 Å². The molecule has 2 heterocycles. The molecule has 0 aliphatic carbocycles. The summed E-state index contributed by atoms with van der Waals surface area (Å²) >= 11 is 0. The molecule has 0 bridgehead atoms. The minimum absolute atomic E-state index is 0.0917. The zero-order chi connectivity index (χ0) is 16.5. The molecule has 0 saturated carbocycles. The molecule has 0 aromatic carbocycles. The van der Waals surface area contributed by atoms with Gasteiger partial charge in [-0.3, -0.25) is 9.48 Å².